The van der Waals surface area contributed by atoms with Crippen LogP contribution in [0, 0.1) is 5.82 Å². The van der Waals surface area contributed by atoms with Crippen molar-refractivity contribution in [3.8, 4) is 22.9 Å². The van der Waals surface area contributed by atoms with Crippen molar-refractivity contribution in [3.63, 3.8) is 0 Å². The van der Waals surface area contributed by atoms with E-state index in [9.17, 15) is 14.0 Å². The summed E-state index contributed by atoms with van der Waals surface area (Å²) in [6.45, 7) is 3.53. The van der Waals surface area contributed by atoms with Crippen LogP contribution in [0.1, 0.15) is 19.4 Å². The molecular weight excluding hydrogens is 409 g/mol. The van der Waals surface area contributed by atoms with Crippen molar-refractivity contribution in [3.05, 3.63) is 68.7 Å². The first-order chi connectivity index (χ1) is 14.4. The highest BCUT2D eigenvalue weighted by molar-refractivity contribution is 7.15. The van der Waals surface area contributed by atoms with Crippen molar-refractivity contribution < 1.29 is 18.7 Å². The maximum atomic E-state index is 13.1. The first kappa shape index (κ1) is 19.7. The molecule has 0 spiro atoms. The number of rotatable bonds is 5. The van der Waals surface area contributed by atoms with Gasteiger partial charge in [0.2, 0.25) is 4.96 Å². The van der Waals surface area contributed by atoms with Gasteiger partial charge in [-0.2, -0.15) is 9.50 Å². The summed E-state index contributed by atoms with van der Waals surface area (Å²) in [4.78, 5) is 28.8. The molecule has 0 aliphatic rings. The molecule has 0 fully saturated rings. The first-order valence-corrected chi connectivity index (χ1v) is 9.88. The van der Waals surface area contributed by atoms with Crippen molar-refractivity contribution in [1.82, 2.24) is 14.6 Å². The number of hydrogen-bond acceptors (Lipinski definition) is 7. The van der Waals surface area contributed by atoms with Gasteiger partial charge in [0, 0.05) is 12.5 Å². The highest BCUT2D eigenvalue weighted by Crippen LogP contribution is 2.29. The fourth-order valence-electron chi connectivity index (χ4n) is 2.83. The van der Waals surface area contributed by atoms with Crippen molar-refractivity contribution in [2.75, 3.05) is 6.61 Å². The van der Waals surface area contributed by atoms with Crippen LogP contribution in [0.4, 0.5) is 4.39 Å². The molecule has 9 heteroatoms. The summed E-state index contributed by atoms with van der Waals surface area (Å²) in [6, 6.07) is 10.8. The van der Waals surface area contributed by atoms with Crippen molar-refractivity contribution in [1.29, 1.82) is 0 Å². The number of carbonyl (C=O) groups is 1. The zero-order chi connectivity index (χ0) is 21.3. The second-order valence-corrected chi connectivity index (χ2v) is 7.29. The Kier molecular flexibility index (Phi) is 5.28. The van der Waals surface area contributed by atoms with Crippen LogP contribution in [0.15, 0.2) is 47.3 Å². The Bertz CT molecular complexity index is 1350. The molecular formula is C21H16FN3O4S. The first-order valence-electron chi connectivity index (χ1n) is 9.07. The van der Waals surface area contributed by atoms with Crippen LogP contribution >= 0.6 is 11.3 Å². The van der Waals surface area contributed by atoms with E-state index in [-0.39, 0.29) is 11.4 Å². The summed E-state index contributed by atoms with van der Waals surface area (Å²) in [5.74, 6) is 0.279. The summed E-state index contributed by atoms with van der Waals surface area (Å²) in [5, 5.41) is 4.25. The van der Waals surface area contributed by atoms with Gasteiger partial charge in [0.1, 0.15) is 5.82 Å². The fourth-order valence-corrected chi connectivity index (χ4v) is 3.74. The van der Waals surface area contributed by atoms with Crippen LogP contribution in [0.2, 0.25) is 0 Å². The minimum absolute atomic E-state index is 0.308. The molecule has 0 radical (unpaired) electrons. The molecule has 0 amide bonds. The molecule has 2 aromatic heterocycles. The smallest absolute Gasteiger partial charge is 0.308 e. The lowest BCUT2D eigenvalue weighted by atomic mass is 10.2. The van der Waals surface area contributed by atoms with E-state index >= 15 is 0 Å². The molecule has 0 saturated carbocycles. The van der Waals surface area contributed by atoms with Crippen LogP contribution < -0.4 is 19.6 Å². The van der Waals surface area contributed by atoms with Gasteiger partial charge < -0.3 is 9.47 Å². The summed E-state index contributed by atoms with van der Waals surface area (Å²) in [7, 11) is 0. The van der Waals surface area contributed by atoms with Crippen LogP contribution in [0.25, 0.3) is 22.4 Å². The molecule has 0 aliphatic heterocycles. The van der Waals surface area contributed by atoms with Gasteiger partial charge in [-0.15, -0.1) is 5.10 Å². The monoisotopic (exact) mass is 425 g/mol. The summed E-state index contributed by atoms with van der Waals surface area (Å²) >= 11 is 1.19. The largest absolute Gasteiger partial charge is 0.490 e. The molecule has 4 aromatic rings. The van der Waals surface area contributed by atoms with Gasteiger partial charge in [-0.1, -0.05) is 17.4 Å². The topological polar surface area (TPSA) is 82.8 Å². The van der Waals surface area contributed by atoms with Gasteiger partial charge in [-0.25, -0.2) is 4.39 Å². The number of thiazole rings is 1. The van der Waals surface area contributed by atoms with Gasteiger partial charge in [-0.05, 0) is 55.0 Å². The highest BCUT2D eigenvalue weighted by Gasteiger charge is 2.13. The van der Waals surface area contributed by atoms with Gasteiger partial charge in [-0.3, -0.25) is 9.59 Å². The SMILES string of the molecule is CCOc1cc(C=c2sc3nc(-c4ccc(F)cc4)nn3c2=O)ccc1OC(C)=O. The fraction of sp³-hybridized carbons (Fsp3) is 0.143. The van der Waals surface area contributed by atoms with E-state index in [1.165, 1.54) is 34.9 Å². The Morgan fingerprint density at radius 2 is 1.97 bits per heavy atom. The number of benzene rings is 2. The zero-order valence-electron chi connectivity index (χ0n) is 16.1. The molecule has 4 rings (SSSR count). The van der Waals surface area contributed by atoms with E-state index in [1.54, 1.807) is 36.4 Å². The average molecular weight is 425 g/mol. The van der Waals surface area contributed by atoms with Gasteiger partial charge in [0.05, 0.1) is 11.1 Å². The van der Waals surface area contributed by atoms with E-state index in [4.69, 9.17) is 9.47 Å². The van der Waals surface area contributed by atoms with Gasteiger partial charge in [0.25, 0.3) is 5.56 Å². The quantitative estimate of drug-likeness (QED) is 0.361. The van der Waals surface area contributed by atoms with Crippen molar-refractivity contribution in [2.45, 2.75) is 13.8 Å². The van der Waals surface area contributed by atoms with E-state index in [2.05, 4.69) is 10.1 Å². The number of carbonyl (C=O) groups excluding carboxylic acids is 1. The molecule has 152 valence electrons. The Morgan fingerprint density at radius 3 is 2.63 bits per heavy atom. The van der Waals surface area contributed by atoms with Crippen LogP contribution in [0.5, 0.6) is 11.5 Å². The maximum absolute atomic E-state index is 13.1. The normalized spacial score (nSPS) is 11.8. The zero-order valence-corrected chi connectivity index (χ0v) is 16.9. The number of fused-ring (bicyclic) bond motifs is 1. The second-order valence-electron chi connectivity index (χ2n) is 6.29. The molecule has 7 nitrogen and oxygen atoms in total. The number of aromatic nitrogens is 3. The molecule has 0 unspecified atom stereocenters. The Labute approximate surface area is 174 Å². The van der Waals surface area contributed by atoms with Crippen LogP contribution in [0.3, 0.4) is 0 Å². The third-order valence-electron chi connectivity index (χ3n) is 4.10. The van der Waals surface area contributed by atoms with E-state index < -0.39 is 5.97 Å². The maximum Gasteiger partial charge on any atom is 0.308 e. The molecule has 0 N–H and O–H groups in total. The molecule has 30 heavy (non-hydrogen) atoms. The lowest BCUT2D eigenvalue weighted by molar-refractivity contribution is -0.132. The molecule has 2 heterocycles. The number of ether oxygens (including phenoxy) is 2. The molecule has 0 saturated heterocycles. The Hall–Kier alpha value is -3.59. The standard InChI is InChI=1S/C21H16FN3O4S/c1-3-28-17-10-13(4-9-16(17)29-12(2)26)11-18-20(27)25-21(30-18)23-19(24-25)14-5-7-15(22)8-6-14/h4-11H,3H2,1-2H3. The lowest BCUT2D eigenvalue weighted by Crippen LogP contribution is -2.23. The van der Waals surface area contributed by atoms with Crippen molar-refractivity contribution >= 4 is 28.3 Å². The number of hydrogen-bond donors (Lipinski definition) is 0. The number of nitrogens with zero attached hydrogens (tertiary/aromatic N) is 3. The third kappa shape index (κ3) is 3.92. The molecule has 2 aromatic carbocycles. The highest BCUT2D eigenvalue weighted by atomic mass is 32.1. The van der Waals surface area contributed by atoms with Crippen LogP contribution in [-0.2, 0) is 4.79 Å². The Morgan fingerprint density at radius 1 is 1.20 bits per heavy atom. The summed E-state index contributed by atoms with van der Waals surface area (Å²) in [6.07, 6.45) is 1.70. The number of esters is 1. The molecule has 0 bridgehead atoms. The van der Waals surface area contributed by atoms with E-state index in [1.807, 2.05) is 6.92 Å². The minimum atomic E-state index is -0.447. The summed E-state index contributed by atoms with van der Waals surface area (Å²) < 4.78 is 25.4. The molecule has 0 aliphatic carbocycles. The van der Waals surface area contributed by atoms with Gasteiger partial charge in [0.15, 0.2) is 17.3 Å². The Balaban J connectivity index is 1.72. The number of halogens is 1. The molecule has 0 atom stereocenters. The average Bonchev–Trinajstić information content (AvgIpc) is 3.24. The van der Waals surface area contributed by atoms with E-state index in [0.29, 0.717) is 44.6 Å². The van der Waals surface area contributed by atoms with Crippen LogP contribution in [-0.4, -0.2) is 27.2 Å². The van der Waals surface area contributed by atoms with E-state index in [0.717, 1.165) is 0 Å². The summed E-state index contributed by atoms with van der Waals surface area (Å²) in [5.41, 5.74) is 1.02. The predicted molar refractivity (Wildman–Crippen MR) is 110 cm³/mol. The second kappa shape index (κ2) is 8.03. The predicted octanol–water partition coefficient (Wildman–Crippen LogP) is 2.83. The minimum Gasteiger partial charge on any atom is -0.490 e. The third-order valence-corrected chi connectivity index (χ3v) is 5.06. The van der Waals surface area contributed by atoms with Gasteiger partial charge >= 0.3 is 5.97 Å². The van der Waals surface area contributed by atoms with Crippen molar-refractivity contribution in [2.24, 2.45) is 0 Å². The lowest BCUT2D eigenvalue weighted by Gasteiger charge is -2.10.